The SMILES string of the molecule is Cc1ccc(C)c(OCCN2CCC(O)(c3cn[nH]n3)C2)c1. The molecule has 1 atom stereocenters. The number of nitrogens with zero attached hydrogens (tertiary/aromatic N) is 3. The van der Waals surface area contributed by atoms with Crippen LogP contribution in [0.1, 0.15) is 23.2 Å². The number of nitrogens with one attached hydrogen (secondary N) is 1. The summed E-state index contributed by atoms with van der Waals surface area (Å²) in [6, 6.07) is 6.22. The Morgan fingerprint density at radius 2 is 2.27 bits per heavy atom. The zero-order valence-corrected chi connectivity index (χ0v) is 13.0. The zero-order chi connectivity index (χ0) is 15.6. The number of aromatic amines is 1. The second-order valence-electron chi connectivity index (χ2n) is 6.03. The second-order valence-corrected chi connectivity index (χ2v) is 6.03. The Bertz CT molecular complexity index is 629. The lowest BCUT2D eigenvalue weighted by Gasteiger charge is -2.21. The van der Waals surface area contributed by atoms with Gasteiger partial charge < -0.3 is 9.84 Å². The molecule has 1 aliphatic heterocycles. The topological polar surface area (TPSA) is 74.3 Å². The number of benzene rings is 1. The summed E-state index contributed by atoms with van der Waals surface area (Å²) in [4.78, 5) is 2.19. The van der Waals surface area contributed by atoms with Crippen molar-refractivity contribution >= 4 is 0 Å². The highest BCUT2D eigenvalue weighted by Gasteiger charge is 2.39. The Hall–Kier alpha value is -1.92. The Morgan fingerprint density at radius 1 is 1.41 bits per heavy atom. The first-order chi connectivity index (χ1) is 10.6. The second kappa shape index (κ2) is 6.06. The Kier molecular flexibility index (Phi) is 4.13. The molecule has 0 saturated carbocycles. The molecule has 0 spiro atoms. The van der Waals surface area contributed by atoms with Crippen LogP contribution in [0.5, 0.6) is 5.75 Å². The first kappa shape index (κ1) is 15.0. The molecule has 1 fully saturated rings. The van der Waals surface area contributed by atoms with Crippen LogP contribution in [0.3, 0.4) is 0 Å². The molecule has 0 bridgehead atoms. The molecular formula is C16H22N4O2. The summed E-state index contributed by atoms with van der Waals surface area (Å²) in [6.07, 6.45) is 2.26. The highest BCUT2D eigenvalue weighted by Crippen LogP contribution is 2.29. The van der Waals surface area contributed by atoms with E-state index in [2.05, 4.69) is 45.4 Å². The fourth-order valence-corrected chi connectivity index (χ4v) is 2.84. The number of hydrogen-bond acceptors (Lipinski definition) is 5. The molecule has 6 heteroatoms. The van der Waals surface area contributed by atoms with E-state index in [4.69, 9.17) is 4.74 Å². The monoisotopic (exact) mass is 302 g/mol. The standard InChI is InChI=1S/C16H22N4O2/c1-12-3-4-13(2)14(9-12)22-8-7-20-6-5-16(21,11-20)15-10-17-19-18-15/h3-4,9-10,21H,5-8,11H2,1-2H3,(H,17,18,19). The van der Waals surface area contributed by atoms with E-state index in [9.17, 15) is 5.11 Å². The van der Waals surface area contributed by atoms with Gasteiger partial charge in [0.05, 0.1) is 6.20 Å². The number of likely N-dealkylation sites (tertiary alicyclic amines) is 1. The Labute approximate surface area is 130 Å². The van der Waals surface area contributed by atoms with Crippen molar-refractivity contribution in [1.82, 2.24) is 20.3 Å². The van der Waals surface area contributed by atoms with Gasteiger partial charge in [-0.3, -0.25) is 4.90 Å². The van der Waals surface area contributed by atoms with Gasteiger partial charge in [-0.05, 0) is 37.5 Å². The highest BCUT2D eigenvalue weighted by atomic mass is 16.5. The lowest BCUT2D eigenvalue weighted by molar-refractivity contribution is 0.0403. The summed E-state index contributed by atoms with van der Waals surface area (Å²) >= 11 is 0. The van der Waals surface area contributed by atoms with Crippen LogP contribution in [0, 0.1) is 13.8 Å². The maximum absolute atomic E-state index is 10.6. The lowest BCUT2D eigenvalue weighted by atomic mass is 10.0. The van der Waals surface area contributed by atoms with Gasteiger partial charge in [0.2, 0.25) is 0 Å². The van der Waals surface area contributed by atoms with Crippen LogP contribution < -0.4 is 4.74 Å². The van der Waals surface area contributed by atoms with Crippen molar-refractivity contribution in [3.05, 3.63) is 41.2 Å². The number of hydrogen-bond donors (Lipinski definition) is 2. The van der Waals surface area contributed by atoms with Crippen LogP contribution in [0.2, 0.25) is 0 Å². The maximum Gasteiger partial charge on any atom is 0.124 e. The molecule has 3 rings (SSSR count). The van der Waals surface area contributed by atoms with Gasteiger partial charge in [0, 0.05) is 19.6 Å². The molecule has 1 saturated heterocycles. The van der Waals surface area contributed by atoms with Crippen molar-refractivity contribution in [3.63, 3.8) is 0 Å². The molecule has 1 aliphatic rings. The average molecular weight is 302 g/mol. The molecule has 2 N–H and O–H groups in total. The molecule has 22 heavy (non-hydrogen) atoms. The van der Waals surface area contributed by atoms with Crippen molar-refractivity contribution in [3.8, 4) is 5.75 Å². The van der Waals surface area contributed by atoms with Crippen molar-refractivity contribution < 1.29 is 9.84 Å². The third-order valence-corrected chi connectivity index (χ3v) is 4.23. The van der Waals surface area contributed by atoms with Crippen molar-refractivity contribution in [2.24, 2.45) is 0 Å². The minimum atomic E-state index is -0.897. The molecule has 1 unspecified atom stereocenters. The summed E-state index contributed by atoms with van der Waals surface area (Å²) < 4.78 is 5.88. The van der Waals surface area contributed by atoms with Crippen LogP contribution in [-0.2, 0) is 5.60 Å². The molecule has 2 heterocycles. The lowest BCUT2D eigenvalue weighted by Crippen LogP contribution is -2.33. The maximum atomic E-state index is 10.6. The first-order valence-corrected chi connectivity index (χ1v) is 7.58. The van der Waals surface area contributed by atoms with Crippen LogP contribution in [0.25, 0.3) is 0 Å². The molecule has 0 aliphatic carbocycles. The minimum Gasteiger partial charge on any atom is -0.492 e. The number of H-pyrrole nitrogens is 1. The van der Waals surface area contributed by atoms with Crippen LogP contribution in [0.15, 0.2) is 24.4 Å². The number of rotatable bonds is 5. The van der Waals surface area contributed by atoms with Gasteiger partial charge >= 0.3 is 0 Å². The van der Waals surface area contributed by atoms with E-state index in [0.29, 0.717) is 25.3 Å². The van der Waals surface area contributed by atoms with Gasteiger partial charge in [0.1, 0.15) is 23.7 Å². The predicted octanol–water partition coefficient (Wildman–Crippen LogP) is 1.39. The summed E-state index contributed by atoms with van der Waals surface area (Å²) in [6.45, 7) is 6.90. The summed E-state index contributed by atoms with van der Waals surface area (Å²) in [7, 11) is 0. The quantitative estimate of drug-likeness (QED) is 0.873. The molecule has 1 aromatic carbocycles. The van der Waals surface area contributed by atoms with Crippen molar-refractivity contribution in [1.29, 1.82) is 0 Å². The fourth-order valence-electron chi connectivity index (χ4n) is 2.84. The fraction of sp³-hybridized carbons (Fsp3) is 0.500. The molecule has 0 amide bonds. The number of aliphatic hydroxyl groups is 1. The van der Waals surface area contributed by atoms with Crippen molar-refractivity contribution in [2.75, 3.05) is 26.2 Å². The number of aryl methyl sites for hydroxylation is 2. The number of ether oxygens (including phenoxy) is 1. The highest BCUT2D eigenvalue weighted by molar-refractivity contribution is 5.35. The Morgan fingerprint density at radius 3 is 3.05 bits per heavy atom. The van der Waals surface area contributed by atoms with Gasteiger partial charge in [0.15, 0.2) is 0 Å². The van der Waals surface area contributed by atoms with Crippen LogP contribution in [-0.4, -0.2) is 51.7 Å². The van der Waals surface area contributed by atoms with E-state index in [1.165, 1.54) is 5.56 Å². The molecule has 0 radical (unpaired) electrons. The summed E-state index contributed by atoms with van der Waals surface area (Å²) in [5.41, 5.74) is 2.06. The van der Waals surface area contributed by atoms with Crippen molar-refractivity contribution in [2.45, 2.75) is 25.9 Å². The Balaban J connectivity index is 1.52. The third kappa shape index (κ3) is 3.13. The normalized spacial score (nSPS) is 22.1. The van der Waals surface area contributed by atoms with E-state index < -0.39 is 5.60 Å². The summed E-state index contributed by atoms with van der Waals surface area (Å²) in [5, 5.41) is 21.0. The van der Waals surface area contributed by atoms with E-state index >= 15 is 0 Å². The smallest absolute Gasteiger partial charge is 0.124 e. The molecular weight excluding hydrogens is 280 g/mol. The zero-order valence-electron chi connectivity index (χ0n) is 13.0. The molecule has 2 aromatic rings. The predicted molar refractivity (Wildman–Crippen MR) is 82.7 cm³/mol. The summed E-state index contributed by atoms with van der Waals surface area (Å²) in [5.74, 6) is 0.936. The largest absolute Gasteiger partial charge is 0.492 e. The van der Waals surface area contributed by atoms with E-state index in [-0.39, 0.29) is 0 Å². The molecule has 118 valence electrons. The number of aromatic nitrogens is 3. The van der Waals surface area contributed by atoms with Crippen LogP contribution >= 0.6 is 0 Å². The van der Waals surface area contributed by atoms with E-state index in [1.54, 1.807) is 6.20 Å². The molecule has 1 aromatic heterocycles. The average Bonchev–Trinajstić information content (AvgIpc) is 3.13. The van der Waals surface area contributed by atoms with Gasteiger partial charge in [-0.25, -0.2) is 0 Å². The van der Waals surface area contributed by atoms with E-state index in [0.717, 1.165) is 24.4 Å². The first-order valence-electron chi connectivity index (χ1n) is 7.58. The molecule has 6 nitrogen and oxygen atoms in total. The van der Waals surface area contributed by atoms with E-state index in [1.807, 2.05) is 6.92 Å². The minimum absolute atomic E-state index is 0.565. The van der Waals surface area contributed by atoms with Crippen LogP contribution in [0.4, 0.5) is 0 Å². The van der Waals surface area contributed by atoms with Gasteiger partial charge in [-0.1, -0.05) is 12.1 Å². The van der Waals surface area contributed by atoms with Gasteiger partial charge in [0.25, 0.3) is 0 Å². The van der Waals surface area contributed by atoms with Gasteiger partial charge in [-0.15, -0.1) is 0 Å². The number of β-amino-alcohol motifs (C(OH)–C–C–N with tert-alkyl or cyclic N) is 1. The van der Waals surface area contributed by atoms with Gasteiger partial charge in [-0.2, -0.15) is 15.4 Å². The third-order valence-electron chi connectivity index (χ3n) is 4.23.